The Kier molecular flexibility index (Phi) is 3.69. The summed E-state index contributed by atoms with van der Waals surface area (Å²) in [5.74, 6) is 0.0615. The summed E-state index contributed by atoms with van der Waals surface area (Å²) in [7, 11) is 0. The topological polar surface area (TPSA) is 130 Å². The molecule has 0 radical (unpaired) electrons. The first-order chi connectivity index (χ1) is 9.47. The molecule has 1 amide bonds. The molecular weight excluding hydrogens is 268 g/mol. The zero-order chi connectivity index (χ0) is 14.7. The number of benzene rings is 1. The molecule has 0 unspecified atom stereocenters. The number of nitrogens with one attached hydrogen (secondary N) is 2. The number of carbonyl (C=O) groups is 1. The molecule has 1 atom stereocenters. The Morgan fingerprint density at radius 2 is 2.40 bits per heavy atom. The van der Waals surface area contributed by atoms with Crippen molar-refractivity contribution in [3.8, 4) is 5.75 Å². The van der Waals surface area contributed by atoms with E-state index in [0.717, 1.165) is 0 Å². The van der Waals surface area contributed by atoms with Crippen molar-refractivity contribution in [3.05, 3.63) is 28.4 Å². The molecule has 1 aromatic carbocycles. The summed E-state index contributed by atoms with van der Waals surface area (Å²) in [4.78, 5) is 20.8. The third kappa shape index (κ3) is 2.94. The highest BCUT2D eigenvalue weighted by Crippen LogP contribution is 2.31. The summed E-state index contributed by atoms with van der Waals surface area (Å²) in [6.45, 7) is 1.63. The van der Waals surface area contributed by atoms with Crippen LogP contribution in [0.4, 0.5) is 10.5 Å². The van der Waals surface area contributed by atoms with Gasteiger partial charge < -0.3 is 15.2 Å². The van der Waals surface area contributed by atoms with E-state index in [2.05, 4.69) is 15.5 Å². The highest BCUT2D eigenvalue weighted by molar-refractivity contribution is 5.83. The molecule has 20 heavy (non-hydrogen) atoms. The van der Waals surface area contributed by atoms with E-state index < -0.39 is 17.1 Å². The molecule has 0 saturated heterocycles. The molecular formula is C11H12N4O5. The summed E-state index contributed by atoms with van der Waals surface area (Å²) < 4.78 is 5.42. The van der Waals surface area contributed by atoms with E-state index in [4.69, 9.17) is 9.84 Å². The molecule has 0 aliphatic heterocycles. The SMILES string of the molecule is C[C@@H](CNC(=O)O)Oc1cc2[nH]ncc2cc1[N+](=O)[O-]. The van der Waals surface area contributed by atoms with E-state index in [0.29, 0.717) is 10.9 Å². The normalized spacial score (nSPS) is 12.1. The molecule has 106 valence electrons. The van der Waals surface area contributed by atoms with Gasteiger partial charge in [-0.05, 0) is 6.92 Å². The van der Waals surface area contributed by atoms with Gasteiger partial charge in [-0.15, -0.1) is 0 Å². The summed E-state index contributed by atoms with van der Waals surface area (Å²) in [5, 5.41) is 28.7. The van der Waals surface area contributed by atoms with Crippen molar-refractivity contribution in [2.75, 3.05) is 6.54 Å². The predicted octanol–water partition coefficient (Wildman–Crippen LogP) is 1.51. The number of amides is 1. The monoisotopic (exact) mass is 280 g/mol. The Labute approximate surface area is 112 Å². The third-order valence-electron chi connectivity index (χ3n) is 2.59. The molecule has 0 saturated carbocycles. The first-order valence-electron chi connectivity index (χ1n) is 5.72. The number of aromatic amines is 1. The molecule has 9 heteroatoms. The van der Waals surface area contributed by atoms with Crippen LogP contribution >= 0.6 is 0 Å². The Hall–Kier alpha value is -2.84. The van der Waals surface area contributed by atoms with Crippen molar-refractivity contribution in [3.63, 3.8) is 0 Å². The molecule has 0 bridgehead atoms. The molecule has 0 spiro atoms. The number of fused-ring (bicyclic) bond motifs is 1. The first kappa shape index (κ1) is 13.6. The van der Waals surface area contributed by atoms with Crippen molar-refractivity contribution < 1.29 is 19.6 Å². The van der Waals surface area contributed by atoms with E-state index in [1.54, 1.807) is 6.92 Å². The number of hydrogen-bond acceptors (Lipinski definition) is 5. The van der Waals surface area contributed by atoms with E-state index in [1.165, 1.54) is 18.3 Å². The van der Waals surface area contributed by atoms with E-state index in [9.17, 15) is 14.9 Å². The number of carboxylic acid groups (broad SMARTS) is 1. The van der Waals surface area contributed by atoms with Gasteiger partial charge in [0.1, 0.15) is 6.10 Å². The van der Waals surface area contributed by atoms with E-state index >= 15 is 0 Å². The maximum atomic E-state index is 11.0. The van der Waals surface area contributed by atoms with E-state index in [-0.39, 0.29) is 18.0 Å². The largest absolute Gasteiger partial charge is 0.482 e. The summed E-state index contributed by atoms with van der Waals surface area (Å²) in [6.07, 6.45) is -0.259. The molecule has 9 nitrogen and oxygen atoms in total. The minimum Gasteiger partial charge on any atom is -0.482 e. The quantitative estimate of drug-likeness (QED) is 0.562. The Morgan fingerprint density at radius 1 is 1.65 bits per heavy atom. The van der Waals surface area contributed by atoms with Crippen LogP contribution in [0.5, 0.6) is 5.75 Å². The van der Waals surface area contributed by atoms with Crippen LogP contribution in [-0.4, -0.2) is 39.0 Å². The molecule has 1 heterocycles. The fourth-order valence-electron chi connectivity index (χ4n) is 1.69. The van der Waals surface area contributed by atoms with Crippen LogP contribution in [-0.2, 0) is 0 Å². The lowest BCUT2D eigenvalue weighted by molar-refractivity contribution is -0.385. The van der Waals surface area contributed by atoms with Crippen molar-refractivity contribution in [1.29, 1.82) is 0 Å². The second-order valence-electron chi connectivity index (χ2n) is 4.15. The number of rotatable bonds is 5. The highest BCUT2D eigenvalue weighted by Gasteiger charge is 2.19. The first-order valence-corrected chi connectivity index (χ1v) is 5.72. The zero-order valence-electron chi connectivity index (χ0n) is 10.5. The molecule has 3 N–H and O–H groups in total. The summed E-state index contributed by atoms with van der Waals surface area (Å²) in [6, 6.07) is 2.82. The van der Waals surface area contributed by atoms with E-state index in [1.807, 2.05) is 0 Å². The van der Waals surface area contributed by atoms with Gasteiger partial charge in [0.15, 0.2) is 5.75 Å². The fraction of sp³-hybridized carbons (Fsp3) is 0.273. The van der Waals surface area contributed by atoms with Gasteiger partial charge >= 0.3 is 11.8 Å². The number of ether oxygens (including phenoxy) is 1. The van der Waals surface area contributed by atoms with Crippen LogP contribution < -0.4 is 10.1 Å². The maximum Gasteiger partial charge on any atom is 0.404 e. The standard InChI is InChI=1S/C11H12N4O5/c1-6(4-12-11(16)17)20-10-3-8-7(5-13-14-8)2-9(10)15(18)19/h2-3,5-6,12H,4H2,1H3,(H,13,14)(H,16,17)/t6-/m0/s1. The smallest absolute Gasteiger partial charge is 0.404 e. The van der Waals surface area contributed by atoms with Crippen molar-refractivity contribution >= 4 is 22.7 Å². The lowest BCUT2D eigenvalue weighted by atomic mass is 10.2. The molecule has 2 rings (SSSR count). The van der Waals surface area contributed by atoms with Crippen LogP contribution in [0.2, 0.25) is 0 Å². The number of hydrogen-bond donors (Lipinski definition) is 3. The Bertz CT molecular complexity index is 653. The highest BCUT2D eigenvalue weighted by atomic mass is 16.6. The average molecular weight is 280 g/mol. The Balaban J connectivity index is 2.24. The van der Waals surface area contributed by atoms with Gasteiger partial charge in [0.25, 0.3) is 0 Å². The summed E-state index contributed by atoms with van der Waals surface area (Å²) in [5.41, 5.74) is 0.407. The van der Waals surface area contributed by atoms with Crippen LogP contribution in [0.15, 0.2) is 18.3 Å². The Morgan fingerprint density at radius 3 is 3.05 bits per heavy atom. The minimum absolute atomic E-state index is 0.0213. The zero-order valence-corrected chi connectivity index (χ0v) is 10.5. The minimum atomic E-state index is -1.18. The van der Waals surface area contributed by atoms with Crippen LogP contribution in [0.25, 0.3) is 10.9 Å². The van der Waals surface area contributed by atoms with Gasteiger partial charge in [-0.1, -0.05) is 0 Å². The van der Waals surface area contributed by atoms with Gasteiger partial charge in [-0.2, -0.15) is 5.10 Å². The number of nitrogens with zero attached hydrogens (tertiary/aromatic N) is 2. The number of nitro benzene ring substituents is 1. The number of aromatic nitrogens is 2. The number of H-pyrrole nitrogens is 1. The summed E-state index contributed by atoms with van der Waals surface area (Å²) >= 11 is 0. The predicted molar refractivity (Wildman–Crippen MR) is 68.9 cm³/mol. The van der Waals surface area contributed by atoms with Crippen LogP contribution in [0, 0.1) is 10.1 Å². The molecule has 1 aromatic heterocycles. The fourth-order valence-corrected chi connectivity index (χ4v) is 1.69. The number of nitro groups is 1. The average Bonchev–Trinajstić information content (AvgIpc) is 2.82. The van der Waals surface area contributed by atoms with Gasteiger partial charge in [-0.3, -0.25) is 15.2 Å². The molecule has 0 fully saturated rings. The van der Waals surface area contributed by atoms with Crippen LogP contribution in [0.3, 0.4) is 0 Å². The lowest BCUT2D eigenvalue weighted by Gasteiger charge is -2.14. The van der Waals surface area contributed by atoms with Crippen molar-refractivity contribution in [1.82, 2.24) is 15.5 Å². The van der Waals surface area contributed by atoms with Gasteiger partial charge in [0.05, 0.1) is 23.2 Å². The third-order valence-corrected chi connectivity index (χ3v) is 2.59. The van der Waals surface area contributed by atoms with Gasteiger partial charge in [-0.25, -0.2) is 4.79 Å². The van der Waals surface area contributed by atoms with Crippen molar-refractivity contribution in [2.45, 2.75) is 13.0 Å². The lowest BCUT2D eigenvalue weighted by Crippen LogP contribution is -2.32. The molecule has 0 aliphatic carbocycles. The molecule has 2 aromatic rings. The van der Waals surface area contributed by atoms with Crippen LogP contribution in [0.1, 0.15) is 6.92 Å². The second kappa shape index (κ2) is 5.43. The van der Waals surface area contributed by atoms with Crippen molar-refractivity contribution in [2.24, 2.45) is 0 Å². The second-order valence-corrected chi connectivity index (χ2v) is 4.15. The molecule has 0 aliphatic rings. The van der Waals surface area contributed by atoms with Gasteiger partial charge in [0, 0.05) is 17.5 Å². The maximum absolute atomic E-state index is 11.0. The van der Waals surface area contributed by atoms with Gasteiger partial charge in [0.2, 0.25) is 0 Å².